The molecule has 0 aliphatic rings. The van der Waals surface area contributed by atoms with E-state index in [0.29, 0.717) is 11.8 Å². The van der Waals surface area contributed by atoms with Crippen LogP contribution in [0.3, 0.4) is 0 Å². The largest absolute Gasteiger partial charge is 0.491 e. The van der Waals surface area contributed by atoms with E-state index in [1.165, 1.54) is 26.2 Å². The molecule has 1 rings (SSSR count). The third-order valence-electron chi connectivity index (χ3n) is 1.63. The van der Waals surface area contributed by atoms with E-state index in [1.54, 1.807) is 0 Å². The van der Waals surface area contributed by atoms with Crippen LogP contribution < -0.4 is 9.47 Å². The van der Waals surface area contributed by atoms with Crippen molar-refractivity contribution in [1.29, 1.82) is 0 Å². The number of aldehydes is 1. The van der Waals surface area contributed by atoms with Gasteiger partial charge in [-0.15, -0.1) is 0 Å². The van der Waals surface area contributed by atoms with Crippen LogP contribution in [0.2, 0.25) is 5.02 Å². The van der Waals surface area contributed by atoms with Gasteiger partial charge in [0.1, 0.15) is 6.29 Å². The lowest BCUT2D eigenvalue weighted by Crippen LogP contribution is -2.04. The van der Waals surface area contributed by atoms with E-state index in [-0.39, 0.29) is 16.5 Å². The van der Waals surface area contributed by atoms with E-state index >= 15 is 0 Å². The normalized spacial score (nSPS) is 9.53. The molecule has 5 heteroatoms. The molecule has 4 nitrogen and oxygen atoms in total. The van der Waals surface area contributed by atoms with Crippen molar-refractivity contribution in [2.45, 2.75) is 6.92 Å². The average Bonchev–Trinajstić information content (AvgIpc) is 2.16. The van der Waals surface area contributed by atoms with Crippen molar-refractivity contribution in [1.82, 2.24) is 0 Å². The van der Waals surface area contributed by atoms with Gasteiger partial charge in [-0.05, 0) is 12.1 Å². The fourth-order valence-electron chi connectivity index (χ4n) is 1.08. The van der Waals surface area contributed by atoms with Crippen molar-refractivity contribution in [3.63, 3.8) is 0 Å². The molecule has 0 spiro atoms. The van der Waals surface area contributed by atoms with Crippen LogP contribution >= 0.6 is 11.6 Å². The van der Waals surface area contributed by atoms with E-state index in [0.717, 1.165) is 0 Å². The third-order valence-corrected chi connectivity index (χ3v) is 1.91. The summed E-state index contributed by atoms with van der Waals surface area (Å²) in [7, 11) is 1.40. The van der Waals surface area contributed by atoms with Crippen LogP contribution in [0.5, 0.6) is 11.5 Å². The zero-order valence-corrected chi connectivity index (χ0v) is 9.00. The predicted octanol–water partition coefficient (Wildman–Crippen LogP) is 2.09. The Balaban J connectivity index is 3.25. The molecule has 0 amide bonds. The number of esters is 1. The van der Waals surface area contributed by atoms with E-state index in [9.17, 15) is 9.59 Å². The smallest absolute Gasteiger partial charge is 0.308 e. The molecule has 0 saturated carbocycles. The first-order chi connectivity index (χ1) is 7.08. The lowest BCUT2D eigenvalue weighted by molar-refractivity contribution is -0.132. The minimum absolute atomic E-state index is 0.139. The molecule has 1 aromatic rings. The van der Waals surface area contributed by atoms with Crippen molar-refractivity contribution in [2.24, 2.45) is 0 Å². The number of benzene rings is 1. The van der Waals surface area contributed by atoms with Crippen molar-refractivity contribution in [2.75, 3.05) is 7.11 Å². The number of rotatable bonds is 3. The second-order valence-corrected chi connectivity index (χ2v) is 3.15. The summed E-state index contributed by atoms with van der Waals surface area (Å²) in [5.41, 5.74) is 0.317. The van der Waals surface area contributed by atoms with E-state index in [1.807, 2.05) is 0 Å². The Morgan fingerprint density at radius 3 is 2.60 bits per heavy atom. The SMILES string of the molecule is COc1c(Cl)cc(C=O)cc1OC(C)=O. The number of methoxy groups -OCH3 is 1. The summed E-state index contributed by atoms with van der Waals surface area (Å²) in [5.74, 6) is -0.135. The van der Waals surface area contributed by atoms with Crippen LogP contribution in [0.25, 0.3) is 0 Å². The number of carbonyl (C=O) groups excluding carboxylic acids is 2. The summed E-state index contributed by atoms with van der Waals surface area (Å²) in [6.45, 7) is 1.25. The van der Waals surface area contributed by atoms with E-state index in [4.69, 9.17) is 21.1 Å². The van der Waals surface area contributed by atoms with E-state index < -0.39 is 5.97 Å². The number of halogens is 1. The highest BCUT2D eigenvalue weighted by Crippen LogP contribution is 2.35. The number of ether oxygens (including phenoxy) is 2. The first kappa shape index (κ1) is 11.5. The minimum atomic E-state index is -0.507. The van der Waals surface area contributed by atoms with Gasteiger partial charge >= 0.3 is 5.97 Å². The maximum atomic E-state index is 10.8. The Bertz CT molecular complexity index is 401. The van der Waals surface area contributed by atoms with Crippen LogP contribution in [0.1, 0.15) is 17.3 Å². The van der Waals surface area contributed by atoms with Gasteiger partial charge < -0.3 is 9.47 Å². The highest BCUT2D eigenvalue weighted by atomic mass is 35.5. The van der Waals surface area contributed by atoms with Crippen molar-refractivity contribution < 1.29 is 19.1 Å². The van der Waals surface area contributed by atoms with Crippen molar-refractivity contribution in [3.8, 4) is 11.5 Å². The summed E-state index contributed by atoms with van der Waals surface area (Å²) in [4.78, 5) is 21.3. The average molecular weight is 229 g/mol. The summed E-state index contributed by atoms with van der Waals surface area (Å²) in [6, 6.07) is 2.82. The molecule has 0 heterocycles. The topological polar surface area (TPSA) is 52.6 Å². The van der Waals surface area contributed by atoms with Crippen LogP contribution in [-0.4, -0.2) is 19.4 Å². The molecule has 0 bridgehead atoms. The predicted molar refractivity (Wildman–Crippen MR) is 54.7 cm³/mol. The van der Waals surface area contributed by atoms with Crippen LogP contribution in [0, 0.1) is 0 Å². The molecule has 0 aliphatic heterocycles. The van der Waals surface area contributed by atoms with Gasteiger partial charge in [0.05, 0.1) is 12.1 Å². The Hall–Kier alpha value is -1.55. The summed E-state index contributed by atoms with van der Waals surface area (Å²) in [5, 5.41) is 0.221. The zero-order valence-electron chi connectivity index (χ0n) is 8.24. The molecule has 0 unspecified atom stereocenters. The molecule has 0 radical (unpaired) electrons. The molecule has 0 aliphatic carbocycles. The van der Waals surface area contributed by atoms with Crippen molar-refractivity contribution >= 4 is 23.9 Å². The fraction of sp³-hybridized carbons (Fsp3) is 0.200. The Morgan fingerprint density at radius 2 is 2.13 bits per heavy atom. The molecule has 0 aromatic heterocycles. The summed E-state index contributed by atoms with van der Waals surface area (Å²) in [6.07, 6.45) is 0.609. The molecule has 0 saturated heterocycles. The number of carbonyl (C=O) groups is 2. The second kappa shape index (κ2) is 4.79. The van der Waals surface area contributed by atoms with Gasteiger partial charge in [-0.1, -0.05) is 11.6 Å². The Morgan fingerprint density at radius 1 is 1.47 bits per heavy atom. The molecule has 1 aromatic carbocycles. The molecular formula is C10H9ClO4. The lowest BCUT2D eigenvalue weighted by Gasteiger charge is -2.09. The van der Waals surface area contributed by atoms with E-state index in [2.05, 4.69) is 0 Å². The summed E-state index contributed by atoms with van der Waals surface area (Å²) >= 11 is 5.82. The molecule has 0 N–H and O–H groups in total. The van der Waals surface area contributed by atoms with Gasteiger partial charge in [0.15, 0.2) is 11.5 Å². The molecular weight excluding hydrogens is 220 g/mol. The van der Waals surface area contributed by atoms with Gasteiger partial charge in [-0.25, -0.2) is 0 Å². The highest BCUT2D eigenvalue weighted by molar-refractivity contribution is 6.32. The summed E-state index contributed by atoms with van der Waals surface area (Å²) < 4.78 is 9.80. The van der Waals surface area contributed by atoms with Gasteiger partial charge in [0.2, 0.25) is 0 Å². The van der Waals surface area contributed by atoms with Gasteiger partial charge in [0.25, 0.3) is 0 Å². The fourth-order valence-corrected chi connectivity index (χ4v) is 1.38. The van der Waals surface area contributed by atoms with Crippen LogP contribution in [0.15, 0.2) is 12.1 Å². The second-order valence-electron chi connectivity index (χ2n) is 2.75. The third kappa shape index (κ3) is 2.70. The zero-order chi connectivity index (χ0) is 11.4. The molecule has 15 heavy (non-hydrogen) atoms. The monoisotopic (exact) mass is 228 g/mol. The number of hydrogen-bond donors (Lipinski definition) is 0. The van der Waals surface area contributed by atoms with Crippen LogP contribution in [0.4, 0.5) is 0 Å². The number of hydrogen-bond acceptors (Lipinski definition) is 4. The first-order valence-electron chi connectivity index (χ1n) is 4.09. The molecule has 0 fully saturated rings. The Kier molecular flexibility index (Phi) is 3.68. The van der Waals surface area contributed by atoms with Gasteiger partial charge in [-0.3, -0.25) is 9.59 Å². The van der Waals surface area contributed by atoms with Gasteiger partial charge in [-0.2, -0.15) is 0 Å². The molecule has 0 atom stereocenters. The maximum absolute atomic E-state index is 10.8. The van der Waals surface area contributed by atoms with Crippen LogP contribution in [-0.2, 0) is 4.79 Å². The standard InChI is InChI=1S/C10H9ClO4/c1-6(13)15-9-4-7(5-12)3-8(11)10(9)14-2/h3-5H,1-2H3. The maximum Gasteiger partial charge on any atom is 0.308 e. The lowest BCUT2D eigenvalue weighted by atomic mass is 10.2. The van der Waals surface area contributed by atoms with Crippen molar-refractivity contribution in [3.05, 3.63) is 22.7 Å². The minimum Gasteiger partial charge on any atom is -0.491 e. The van der Waals surface area contributed by atoms with Gasteiger partial charge in [0, 0.05) is 12.5 Å². The quantitative estimate of drug-likeness (QED) is 0.452. The molecule has 80 valence electrons. The highest BCUT2D eigenvalue weighted by Gasteiger charge is 2.12. The Labute approximate surface area is 91.7 Å². The first-order valence-corrected chi connectivity index (χ1v) is 4.47.